The van der Waals surface area contributed by atoms with Gasteiger partial charge in [-0.3, -0.25) is 19.1 Å². The summed E-state index contributed by atoms with van der Waals surface area (Å²) in [6.07, 6.45) is 1.30. The van der Waals surface area contributed by atoms with Crippen LogP contribution in [0.2, 0.25) is 0 Å². The summed E-state index contributed by atoms with van der Waals surface area (Å²) in [6.45, 7) is 3.47. The summed E-state index contributed by atoms with van der Waals surface area (Å²) in [6, 6.07) is 22.5. The van der Waals surface area contributed by atoms with E-state index in [1.165, 1.54) is 10.9 Å². The summed E-state index contributed by atoms with van der Waals surface area (Å²) >= 11 is 0. The molecule has 1 heterocycles. The first-order valence-corrected chi connectivity index (χ1v) is 11.6. The van der Waals surface area contributed by atoms with E-state index in [1.807, 2.05) is 25.1 Å². The average Bonchev–Trinajstić information content (AvgIpc) is 3.12. The Morgan fingerprint density at radius 1 is 0.895 bits per heavy atom. The van der Waals surface area contributed by atoms with Crippen molar-refractivity contribution in [1.82, 2.24) is 14.8 Å². The lowest BCUT2D eigenvalue weighted by Crippen LogP contribution is -2.34. The highest BCUT2D eigenvalue weighted by Crippen LogP contribution is 2.16. The molecule has 10 nitrogen and oxygen atoms in total. The Balaban J connectivity index is 1.39. The standard InChI is InChI=1S/C28H25N5O5/c1-18-10-7-8-15-23(18)28(37)38-22-14-9-11-20(16-22)17-29-31-26(35)25(34)30-24-19(2)32(3)33(27(24)36)21-12-5-4-6-13-21/h4-17H,1-3H3,(H,30,34)(H,31,35)/b29-17+. The summed E-state index contributed by atoms with van der Waals surface area (Å²) in [5.74, 6) is -2.31. The topological polar surface area (TPSA) is 124 Å². The van der Waals surface area contributed by atoms with Crippen molar-refractivity contribution < 1.29 is 19.1 Å². The Labute approximate surface area is 218 Å². The fraction of sp³-hybridized carbons (Fsp3) is 0.107. The van der Waals surface area contributed by atoms with Gasteiger partial charge in [0.15, 0.2) is 0 Å². The van der Waals surface area contributed by atoms with Crippen molar-refractivity contribution in [2.75, 3.05) is 5.32 Å². The molecule has 0 aliphatic rings. The fourth-order valence-electron chi connectivity index (χ4n) is 3.72. The molecule has 0 saturated heterocycles. The monoisotopic (exact) mass is 511 g/mol. The predicted molar refractivity (Wildman–Crippen MR) is 143 cm³/mol. The van der Waals surface area contributed by atoms with Crippen molar-refractivity contribution in [2.45, 2.75) is 13.8 Å². The third-order valence-corrected chi connectivity index (χ3v) is 5.81. The van der Waals surface area contributed by atoms with Gasteiger partial charge in [-0.15, -0.1) is 0 Å². The van der Waals surface area contributed by atoms with Crippen LogP contribution in [0.1, 0.15) is 27.2 Å². The molecule has 192 valence electrons. The maximum absolute atomic E-state index is 12.9. The number of benzene rings is 3. The molecule has 38 heavy (non-hydrogen) atoms. The van der Waals surface area contributed by atoms with E-state index >= 15 is 0 Å². The zero-order chi connectivity index (χ0) is 27.2. The summed E-state index contributed by atoms with van der Waals surface area (Å²) in [5.41, 5.74) is 4.50. The van der Waals surface area contributed by atoms with Crippen LogP contribution in [0.15, 0.2) is 88.8 Å². The van der Waals surface area contributed by atoms with E-state index in [4.69, 9.17) is 4.74 Å². The van der Waals surface area contributed by atoms with Gasteiger partial charge >= 0.3 is 17.8 Å². The molecule has 0 bridgehead atoms. The maximum Gasteiger partial charge on any atom is 0.343 e. The Bertz CT molecular complexity index is 1600. The number of amides is 2. The highest BCUT2D eigenvalue weighted by atomic mass is 16.5. The molecule has 2 N–H and O–H groups in total. The van der Waals surface area contributed by atoms with Gasteiger partial charge in [-0.2, -0.15) is 5.10 Å². The molecule has 0 radical (unpaired) electrons. The molecule has 0 atom stereocenters. The Morgan fingerprint density at radius 2 is 1.61 bits per heavy atom. The molecule has 10 heteroatoms. The molecule has 3 aromatic carbocycles. The Kier molecular flexibility index (Phi) is 7.62. The fourth-order valence-corrected chi connectivity index (χ4v) is 3.72. The van der Waals surface area contributed by atoms with E-state index in [1.54, 1.807) is 79.3 Å². The van der Waals surface area contributed by atoms with Crippen molar-refractivity contribution in [3.63, 3.8) is 0 Å². The molecule has 0 aliphatic heterocycles. The number of carbonyl (C=O) groups excluding carboxylic acids is 3. The van der Waals surface area contributed by atoms with Crippen molar-refractivity contribution in [3.05, 3.63) is 112 Å². The van der Waals surface area contributed by atoms with Crippen molar-refractivity contribution >= 4 is 29.7 Å². The highest BCUT2D eigenvalue weighted by Gasteiger charge is 2.21. The number of carbonyl (C=O) groups is 3. The zero-order valence-corrected chi connectivity index (χ0v) is 21.0. The van der Waals surface area contributed by atoms with Crippen molar-refractivity contribution in [1.29, 1.82) is 0 Å². The number of aryl methyl sites for hydroxylation is 1. The van der Waals surface area contributed by atoms with Crippen molar-refractivity contribution in [3.8, 4) is 11.4 Å². The normalized spacial score (nSPS) is 10.8. The number of nitrogens with zero attached hydrogens (tertiary/aromatic N) is 3. The minimum absolute atomic E-state index is 0.0105. The largest absolute Gasteiger partial charge is 0.423 e. The third kappa shape index (κ3) is 5.59. The third-order valence-electron chi connectivity index (χ3n) is 5.81. The number of hydrogen-bond donors (Lipinski definition) is 2. The number of anilines is 1. The molecular weight excluding hydrogens is 486 g/mol. The quantitative estimate of drug-likeness (QED) is 0.135. The molecule has 4 aromatic rings. The molecule has 2 amide bonds. The number of ether oxygens (including phenoxy) is 1. The van der Waals surface area contributed by atoms with Crippen LogP contribution in [-0.2, 0) is 16.6 Å². The number of esters is 1. The number of nitrogens with one attached hydrogen (secondary N) is 2. The van der Waals surface area contributed by atoms with E-state index in [0.717, 1.165) is 5.56 Å². The van der Waals surface area contributed by atoms with Crippen LogP contribution in [0, 0.1) is 13.8 Å². The van der Waals surface area contributed by atoms with Gasteiger partial charge in [0, 0.05) is 7.05 Å². The second-order valence-electron chi connectivity index (χ2n) is 8.37. The van der Waals surface area contributed by atoms with Crippen LogP contribution in [-0.4, -0.2) is 33.4 Å². The van der Waals surface area contributed by atoms with E-state index in [-0.39, 0.29) is 5.69 Å². The van der Waals surface area contributed by atoms with Crippen LogP contribution in [0.3, 0.4) is 0 Å². The SMILES string of the molecule is Cc1ccccc1C(=O)Oc1cccc(/C=N/NC(=O)C(=O)Nc2c(C)n(C)n(-c3ccccc3)c2=O)c1. The van der Waals surface area contributed by atoms with Crippen LogP contribution in [0.4, 0.5) is 5.69 Å². The summed E-state index contributed by atoms with van der Waals surface area (Å²) in [7, 11) is 1.68. The molecule has 0 unspecified atom stereocenters. The number of para-hydroxylation sites is 1. The van der Waals surface area contributed by atoms with Gasteiger partial charge in [-0.05, 0) is 55.3 Å². The van der Waals surface area contributed by atoms with E-state index in [2.05, 4.69) is 15.8 Å². The van der Waals surface area contributed by atoms with Gasteiger partial charge in [-0.1, -0.05) is 48.5 Å². The van der Waals surface area contributed by atoms with Gasteiger partial charge in [0.2, 0.25) is 0 Å². The lowest BCUT2D eigenvalue weighted by Gasteiger charge is -2.07. The molecule has 0 spiro atoms. The van der Waals surface area contributed by atoms with Crippen LogP contribution in [0.25, 0.3) is 5.69 Å². The summed E-state index contributed by atoms with van der Waals surface area (Å²) in [5, 5.41) is 6.17. The van der Waals surface area contributed by atoms with Crippen molar-refractivity contribution in [2.24, 2.45) is 12.1 Å². The van der Waals surface area contributed by atoms with E-state index in [0.29, 0.717) is 28.3 Å². The maximum atomic E-state index is 12.9. The van der Waals surface area contributed by atoms with Crippen LogP contribution >= 0.6 is 0 Å². The summed E-state index contributed by atoms with van der Waals surface area (Å²) in [4.78, 5) is 50.1. The second kappa shape index (κ2) is 11.2. The molecule has 4 rings (SSSR count). The van der Waals surface area contributed by atoms with Gasteiger partial charge in [0.05, 0.1) is 23.2 Å². The number of aromatic nitrogens is 2. The van der Waals surface area contributed by atoms with Gasteiger partial charge in [0.25, 0.3) is 5.56 Å². The molecule has 0 fully saturated rings. The number of hydrazone groups is 1. The molecule has 1 aromatic heterocycles. The highest BCUT2D eigenvalue weighted by molar-refractivity contribution is 6.39. The number of rotatable bonds is 6. The van der Waals surface area contributed by atoms with Gasteiger partial charge in [0.1, 0.15) is 11.4 Å². The Hall–Kier alpha value is -5.25. The Morgan fingerprint density at radius 3 is 2.34 bits per heavy atom. The van der Waals surface area contributed by atoms with Crippen LogP contribution in [0.5, 0.6) is 5.75 Å². The van der Waals surface area contributed by atoms with E-state index < -0.39 is 23.3 Å². The van der Waals surface area contributed by atoms with E-state index in [9.17, 15) is 19.2 Å². The first-order chi connectivity index (χ1) is 18.3. The number of hydrogen-bond acceptors (Lipinski definition) is 6. The first-order valence-electron chi connectivity index (χ1n) is 11.6. The molecule has 0 saturated carbocycles. The average molecular weight is 512 g/mol. The lowest BCUT2D eigenvalue weighted by atomic mass is 10.1. The first kappa shape index (κ1) is 25.8. The minimum atomic E-state index is -1.06. The second-order valence-corrected chi connectivity index (χ2v) is 8.37. The molecular formula is C28H25N5O5. The predicted octanol–water partition coefficient (Wildman–Crippen LogP) is 3.10. The zero-order valence-electron chi connectivity index (χ0n) is 21.0. The van der Waals surface area contributed by atoms with Gasteiger partial charge in [-0.25, -0.2) is 14.9 Å². The smallest absolute Gasteiger partial charge is 0.343 e. The minimum Gasteiger partial charge on any atom is -0.423 e. The lowest BCUT2D eigenvalue weighted by molar-refractivity contribution is -0.136. The van der Waals surface area contributed by atoms with Gasteiger partial charge < -0.3 is 10.1 Å². The molecule has 0 aliphatic carbocycles. The summed E-state index contributed by atoms with van der Waals surface area (Å²) < 4.78 is 8.41. The van der Waals surface area contributed by atoms with Crippen LogP contribution < -0.4 is 21.0 Å².